The van der Waals surface area contributed by atoms with E-state index in [1.807, 2.05) is 11.8 Å². The maximum absolute atomic E-state index is 12.5. The molecule has 2 heterocycles. The van der Waals surface area contributed by atoms with Crippen molar-refractivity contribution in [2.75, 3.05) is 51.0 Å². The second-order valence-corrected chi connectivity index (χ2v) is 9.13. The Morgan fingerprint density at radius 3 is 2.77 bits per heavy atom. The van der Waals surface area contributed by atoms with Crippen LogP contribution < -0.4 is 10.1 Å². The summed E-state index contributed by atoms with van der Waals surface area (Å²) in [5, 5.41) is 2.85. The Kier molecular flexibility index (Phi) is 5.76. The van der Waals surface area contributed by atoms with Crippen LogP contribution >= 0.6 is 11.3 Å². The third-order valence-electron chi connectivity index (χ3n) is 3.86. The molecule has 142 valence electrons. The zero-order valence-corrected chi connectivity index (χ0v) is 16.3. The van der Waals surface area contributed by atoms with Gasteiger partial charge in [-0.25, -0.2) is 13.4 Å². The highest BCUT2D eigenvalue weighted by Gasteiger charge is 2.21. The molecule has 0 saturated carbocycles. The molecule has 1 aromatic heterocycles. The van der Waals surface area contributed by atoms with Crippen LogP contribution in [0, 0.1) is 0 Å². The lowest BCUT2D eigenvalue weighted by molar-refractivity contribution is -0.118. The zero-order chi connectivity index (χ0) is 18.7. The number of carbonyl (C=O) groups excluding carboxylic acids is 1. The number of nitrogens with zero attached hydrogens (tertiary/aromatic N) is 2. The smallest absolute Gasteiger partial charge is 0.238 e. The number of anilines is 1. The number of benzene rings is 1. The molecule has 3 rings (SSSR count). The number of hydrogen-bond donors (Lipinski definition) is 1. The molecule has 1 N–H and O–H groups in total. The minimum atomic E-state index is -3.43. The number of hydrogen-bond acceptors (Lipinski definition) is 8. The van der Waals surface area contributed by atoms with Gasteiger partial charge in [0.2, 0.25) is 20.1 Å². The van der Waals surface area contributed by atoms with Crippen LogP contribution in [-0.4, -0.2) is 69.9 Å². The van der Waals surface area contributed by atoms with Gasteiger partial charge in [-0.05, 0) is 19.1 Å². The minimum absolute atomic E-state index is 0.0184. The summed E-state index contributed by atoms with van der Waals surface area (Å²) in [6.07, 6.45) is 1.12. The van der Waals surface area contributed by atoms with E-state index >= 15 is 0 Å². The first kappa shape index (κ1) is 19.0. The van der Waals surface area contributed by atoms with E-state index < -0.39 is 9.84 Å². The Hall–Kier alpha value is -1.75. The monoisotopic (exact) mass is 399 g/mol. The lowest BCUT2D eigenvalue weighted by Crippen LogP contribution is -2.41. The first-order valence-corrected chi connectivity index (χ1v) is 11.0. The molecule has 26 heavy (non-hydrogen) atoms. The van der Waals surface area contributed by atoms with E-state index in [9.17, 15) is 13.2 Å². The van der Waals surface area contributed by atoms with Crippen LogP contribution in [-0.2, 0) is 19.4 Å². The lowest BCUT2D eigenvalue weighted by Gasteiger charge is -2.26. The fourth-order valence-corrected chi connectivity index (χ4v) is 4.49. The van der Waals surface area contributed by atoms with Gasteiger partial charge in [-0.15, -0.1) is 11.3 Å². The third-order valence-corrected chi connectivity index (χ3v) is 6.55. The summed E-state index contributed by atoms with van der Waals surface area (Å²) >= 11 is 1.08. The fourth-order valence-electron chi connectivity index (χ4n) is 2.65. The molecule has 0 bridgehead atoms. The van der Waals surface area contributed by atoms with Crippen LogP contribution in [0.15, 0.2) is 16.5 Å². The fraction of sp³-hybridized carbons (Fsp3) is 0.500. The molecule has 0 spiro atoms. The minimum Gasteiger partial charge on any atom is -0.492 e. The number of carbonyl (C=O) groups is 1. The van der Waals surface area contributed by atoms with Crippen molar-refractivity contribution in [1.29, 1.82) is 0 Å². The molecule has 10 heteroatoms. The van der Waals surface area contributed by atoms with Gasteiger partial charge in [0.05, 0.1) is 31.1 Å². The molecular formula is C16H21N3O5S2. The van der Waals surface area contributed by atoms with Crippen molar-refractivity contribution in [3.63, 3.8) is 0 Å². The number of rotatable bonds is 6. The quantitative estimate of drug-likeness (QED) is 0.783. The van der Waals surface area contributed by atoms with Crippen molar-refractivity contribution in [2.24, 2.45) is 0 Å². The van der Waals surface area contributed by atoms with Crippen molar-refractivity contribution in [3.8, 4) is 5.75 Å². The average Bonchev–Trinajstić information content (AvgIpc) is 3.03. The highest BCUT2D eigenvalue weighted by atomic mass is 32.2. The number of fused-ring (bicyclic) bond motifs is 1. The van der Waals surface area contributed by atoms with Gasteiger partial charge in [0.15, 0.2) is 0 Å². The van der Waals surface area contributed by atoms with E-state index in [1.54, 1.807) is 12.1 Å². The van der Waals surface area contributed by atoms with Gasteiger partial charge in [0.25, 0.3) is 0 Å². The largest absolute Gasteiger partial charge is 0.492 e. The van der Waals surface area contributed by atoms with E-state index in [-0.39, 0.29) is 16.8 Å². The van der Waals surface area contributed by atoms with E-state index in [0.717, 1.165) is 17.6 Å². The molecule has 8 nitrogen and oxygen atoms in total. The number of morpholine rings is 1. The number of nitrogens with one attached hydrogen (secondary N) is 1. The molecule has 0 unspecified atom stereocenters. The summed E-state index contributed by atoms with van der Waals surface area (Å²) in [5.41, 5.74) is 0.838. The van der Waals surface area contributed by atoms with E-state index in [2.05, 4.69) is 10.3 Å². The Labute approximate surface area is 156 Å². The maximum atomic E-state index is 12.5. The lowest BCUT2D eigenvalue weighted by atomic mass is 10.2. The summed E-state index contributed by atoms with van der Waals surface area (Å²) in [7, 11) is -3.43. The van der Waals surface area contributed by atoms with E-state index in [4.69, 9.17) is 9.47 Å². The Morgan fingerprint density at radius 2 is 2.12 bits per heavy atom. The van der Waals surface area contributed by atoms with Gasteiger partial charge < -0.3 is 14.8 Å². The normalized spacial score (nSPS) is 15.9. The second kappa shape index (κ2) is 7.87. The topological polar surface area (TPSA) is 97.8 Å². The van der Waals surface area contributed by atoms with Crippen molar-refractivity contribution in [3.05, 3.63) is 12.1 Å². The number of sulfone groups is 1. The summed E-state index contributed by atoms with van der Waals surface area (Å²) in [6.45, 7) is 5.10. The molecule has 1 amide bonds. The van der Waals surface area contributed by atoms with Gasteiger partial charge in [-0.3, -0.25) is 9.69 Å². The highest BCUT2D eigenvalue weighted by molar-refractivity contribution is 7.92. The molecule has 1 aliphatic heterocycles. The van der Waals surface area contributed by atoms with Crippen LogP contribution in [0.3, 0.4) is 0 Å². The number of thiazole rings is 1. The average molecular weight is 399 g/mol. The Bertz CT molecular complexity index is 904. The van der Waals surface area contributed by atoms with Crippen LogP contribution in [0.1, 0.15) is 6.92 Å². The highest BCUT2D eigenvalue weighted by Crippen LogP contribution is 2.37. The number of aromatic nitrogens is 1. The summed E-state index contributed by atoms with van der Waals surface area (Å²) in [6, 6.07) is 3.48. The van der Waals surface area contributed by atoms with Gasteiger partial charge in [-0.1, -0.05) is 0 Å². The van der Waals surface area contributed by atoms with Crippen molar-refractivity contribution in [1.82, 2.24) is 9.88 Å². The Balaban J connectivity index is 1.91. The van der Waals surface area contributed by atoms with E-state index in [1.165, 1.54) is 0 Å². The summed E-state index contributed by atoms with van der Waals surface area (Å²) in [4.78, 5) is 18.7. The van der Waals surface area contributed by atoms with Gasteiger partial charge in [0, 0.05) is 19.3 Å². The predicted octanol–water partition coefficient (Wildman–Crippen LogP) is 1.37. The first-order valence-electron chi connectivity index (χ1n) is 8.25. The molecule has 2 aromatic rings. The third kappa shape index (κ3) is 4.32. The van der Waals surface area contributed by atoms with Crippen LogP contribution in [0.2, 0.25) is 0 Å². The Morgan fingerprint density at radius 1 is 1.38 bits per heavy atom. The molecular weight excluding hydrogens is 378 g/mol. The maximum Gasteiger partial charge on any atom is 0.238 e. The van der Waals surface area contributed by atoms with Gasteiger partial charge in [0.1, 0.15) is 17.0 Å². The molecule has 1 saturated heterocycles. The van der Waals surface area contributed by atoms with E-state index in [0.29, 0.717) is 54.6 Å². The van der Waals surface area contributed by atoms with Gasteiger partial charge >= 0.3 is 0 Å². The molecule has 1 fully saturated rings. The van der Waals surface area contributed by atoms with Crippen molar-refractivity contribution < 1.29 is 22.7 Å². The molecule has 0 atom stereocenters. The van der Waals surface area contributed by atoms with Crippen molar-refractivity contribution in [2.45, 2.75) is 11.3 Å². The second-order valence-electron chi connectivity index (χ2n) is 5.91. The number of amides is 1. The summed E-state index contributed by atoms with van der Waals surface area (Å²) < 4.78 is 35.2. The summed E-state index contributed by atoms with van der Waals surface area (Å²) in [5.74, 6) is 0.273. The van der Waals surface area contributed by atoms with Gasteiger partial charge in [-0.2, -0.15) is 0 Å². The number of ether oxygens (including phenoxy) is 2. The molecule has 1 aliphatic rings. The molecule has 0 aliphatic carbocycles. The molecule has 1 aromatic carbocycles. The predicted molar refractivity (Wildman–Crippen MR) is 99.8 cm³/mol. The van der Waals surface area contributed by atoms with Crippen LogP contribution in [0.25, 0.3) is 10.2 Å². The first-order chi connectivity index (χ1) is 12.4. The zero-order valence-electron chi connectivity index (χ0n) is 14.6. The SMILES string of the molecule is CCOc1ccc2sc(S(C)(=O)=O)nc2c1NC(=O)CN1CCOCC1. The van der Waals surface area contributed by atoms with Crippen LogP contribution in [0.4, 0.5) is 5.69 Å². The molecule has 0 radical (unpaired) electrons. The standard InChI is InChI=1S/C16H21N3O5S2/c1-3-24-11-4-5-12-15(18-16(25-12)26(2,21)22)14(11)17-13(20)10-19-6-8-23-9-7-19/h4-5H,3,6-10H2,1-2H3,(H,17,20). The van der Waals surface area contributed by atoms with Crippen molar-refractivity contribution >= 4 is 43.0 Å². The van der Waals surface area contributed by atoms with Crippen LogP contribution in [0.5, 0.6) is 5.75 Å².